The minimum atomic E-state index is -1.14. The molecule has 20 heavy (non-hydrogen) atoms. The van der Waals surface area contributed by atoms with E-state index >= 15 is 0 Å². The van der Waals surface area contributed by atoms with Gasteiger partial charge in [-0.15, -0.1) is 0 Å². The van der Waals surface area contributed by atoms with Crippen LogP contribution in [0.2, 0.25) is 0 Å². The molecule has 2 rings (SSSR count). The SMILES string of the molecule is CC(=O)N1CCO[C@@H](CNc2nccnc2C(=O)O)C1. The maximum atomic E-state index is 11.3. The van der Waals surface area contributed by atoms with Gasteiger partial charge in [-0.1, -0.05) is 0 Å². The molecule has 0 unspecified atom stereocenters. The number of ether oxygens (including phenoxy) is 1. The summed E-state index contributed by atoms with van der Waals surface area (Å²) in [5, 5.41) is 11.9. The van der Waals surface area contributed by atoms with Crippen LogP contribution in [0.5, 0.6) is 0 Å². The van der Waals surface area contributed by atoms with Gasteiger partial charge in [0.05, 0.1) is 12.7 Å². The highest BCUT2D eigenvalue weighted by molar-refractivity contribution is 5.90. The molecule has 108 valence electrons. The zero-order valence-electron chi connectivity index (χ0n) is 11.1. The van der Waals surface area contributed by atoms with Gasteiger partial charge >= 0.3 is 5.97 Å². The number of carboxylic acid groups (broad SMARTS) is 1. The highest BCUT2D eigenvalue weighted by Crippen LogP contribution is 2.10. The molecule has 1 saturated heterocycles. The Bertz CT molecular complexity index is 508. The molecule has 2 heterocycles. The van der Waals surface area contributed by atoms with E-state index in [4.69, 9.17) is 9.84 Å². The second-order valence-corrected chi connectivity index (χ2v) is 4.40. The topological polar surface area (TPSA) is 105 Å². The Hall–Kier alpha value is -2.22. The summed E-state index contributed by atoms with van der Waals surface area (Å²) < 4.78 is 5.53. The summed E-state index contributed by atoms with van der Waals surface area (Å²) in [5.74, 6) is -0.942. The van der Waals surface area contributed by atoms with Gasteiger partial charge in [-0.3, -0.25) is 4.79 Å². The Kier molecular flexibility index (Phi) is 4.46. The van der Waals surface area contributed by atoms with Gasteiger partial charge in [0.1, 0.15) is 0 Å². The number of amides is 1. The lowest BCUT2D eigenvalue weighted by Crippen LogP contribution is -2.47. The molecule has 0 aliphatic carbocycles. The first-order valence-corrected chi connectivity index (χ1v) is 6.23. The molecule has 1 atom stereocenters. The monoisotopic (exact) mass is 280 g/mol. The average molecular weight is 280 g/mol. The molecule has 1 aromatic heterocycles. The fraction of sp³-hybridized carbons (Fsp3) is 0.500. The molecule has 1 aliphatic heterocycles. The van der Waals surface area contributed by atoms with Gasteiger partial charge in [0.2, 0.25) is 5.91 Å². The summed E-state index contributed by atoms with van der Waals surface area (Å²) in [4.78, 5) is 31.7. The molecule has 8 nitrogen and oxygen atoms in total. The maximum Gasteiger partial charge on any atom is 0.358 e. The van der Waals surface area contributed by atoms with Crippen LogP contribution in [0.3, 0.4) is 0 Å². The normalized spacial score (nSPS) is 18.6. The number of nitrogens with one attached hydrogen (secondary N) is 1. The number of morpholine rings is 1. The van der Waals surface area contributed by atoms with Crippen LogP contribution in [0.4, 0.5) is 5.82 Å². The zero-order valence-corrected chi connectivity index (χ0v) is 11.1. The smallest absolute Gasteiger partial charge is 0.358 e. The van der Waals surface area contributed by atoms with E-state index in [9.17, 15) is 9.59 Å². The molecule has 2 N–H and O–H groups in total. The van der Waals surface area contributed by atoms with Gasteiger partial charge < -0.3 is 20.1 Å². The third kappa shape index (κ3) is 3.41. The number of carboxylic acids is 1. The van der Waals surface area contributed by atoms with Crippen LogP contribution in [0.1, 0.15) is 17.4 Å². The lowest BCUT2D eigenvalue weighted by Gasteiger charge is -2.32. The Morgan fingerprint density at radius 3 is 2.95 bits per heavy atom. The standard InChI is InChI=1S/C12H16N4O4/c1-8(17)16-4-5-20-9(7-16)6-15-11-10(12(18)19)13-2-3-14-11/h2-3,9H,4-7H2,1H3,(H,14,15)(H,18,19)/t9-/m0/s1. The highest BCUT2D eigenvalue weighted by atomic mass is 16.5. The fourth-order valence-corrected chi connectivity index (χ4v) is 1.96. The number of carbonyl (C=O) groups excluding carboxylic acids is 1. The van der Waals surface area contributed by atoms with Crippen LogP contribution < -0.4 is 5.32 Å². The number of aromatic carboxylic acids is 1. The van der Waals surface area contributed by atoms with Crippen LogP contribution >= 0.6 is 0 Å². The number of anilines is 1. The predicted octanol–water partition coefficient (Wildman–Crippen LogP) is -0.166. The summed E-state index contributed by atoms with van der Waals surface area (Å²) in [5.41, 5.74) is -0.133. The molecule has 0 radical (unpaired) electrons. The Labute approximate surface area is 115 Å². The van der Waals surface area contributed by atoms with Gasteiger partial charge in [0.15, 0.2) is 11.5 Å². The van der Waals surface area contributed by atoms with E-state index < -0.39 is 5.97 Å². The largest absolute Gasteiger partial charge is 0.476 e. The van der Waals surface area contributed by atoms with Gasteiger partial charge in [-0.2, -0.15) is 0 Å². The van der Waals surface area contributed by atoms with Crippen molar-refractivity contribution in [3.8, 4) is 0 Å². The second-order valence-electron chi connectivity index (χ2n) is 4.40. The summed E-state index contributed by atoms with van der Waals surface area (Å²) in [7, 11) is 0. The molecule has 1 fully saturated rings. The van der Waals surface area contributed by atoms with E-state index in [0.29, 0.717) is 26.2 Å². The van der Waals surface area contributed by atoms with Crippen molar-refractivity contribution >= 4 is 17.7 Å². The molecule has 1 amide bonds. The predicted molar refractivity (Wildman–Crippen MR) is 69.5 cm³/mol. The number of carbonyl (C=O) groups is 2. The summed E-state index contributed by atoms with van der Waals surface area (Å²) in [6.07, 6.45) is 2.54. The number of rotatable bonds is 4. The molecule has 0 bridgehead atoms. The lowest BCUT2D eigenvalue weighted by atomic mass is 10.2. The average Bonchev–Trinajstić information content (AvgIpc) is 2.45. The van der Waals surface area contributed by atoms with E-state index in [1.807, 2.05) is 0 Å². The molecule has 0 spiro atoms. The first-order chi connectivity index (χ1) is 9.58. The van der Waals surface area contributed by atoms with Crippen LogP contribution in [-0.2, 0) is 9.53 Å². The van der Waals surface area contributed by atoms with Crippen molar-refractivity contribution in [3.05, 3.63) is 18.1 Å². The first kappa shape index (κ1) is 14.2. The number of hydrogen-bond acceptors (Lipinski definition) is 6. The van der Waals surface area contributed by atoms with Crippen molar-refractivity contribution in [3.63, 3.8) is 0 Å². The highest BCUT2D eigenvalue weighted by Gasteiger charge is 2.22. The lowest BCUT2D eigenvalue weighted by molar-refractivity contribution is -0.135. The molecule has 1 aromatic rings. The van der Waals surface area contributed by atoms with E-state index in [2.05, 4.69) is 15.3 Å². The molecular weight excluding hydrogens is 264 g/mol. The molecule has 1 aliphatic rings. The van der Waals surface area contributed by atoms with E-state index in [1.54, 1.807) is 4.90 Å². The van der Waals surface area contributed by atoms with Crippen LogP contribution in [0.15, 0.2) is 12.4 Å². The maximum absolute atomic E-state index is 11.3. The zero-order chi connectivity index (χ0) is 14.5. The quantitative estimate of drug-likeness (QED) is 0.789. The Morgan fingerprint density at radius 1 is 1.50 bits per heavy atom. The van der Waals surface area contributed by atoms with Gasteiger partial charge in [-0.05, 0) is 0 Å². The van der Waals surface area contributed by atoms with E-state index in [0.717, 1.165) is 0 Å². The van der Waals surface area contributed by atoms with E-state index in [1.165, 1.54) is 19.3 Å². The van der Waals surface area contributed by atoms with Crippen molar-refractivity contribution in [1.29, 1.82) is 0 Å². The third-order valence-electron chi connectivity index (χ3n) is 2.98. The first-order valence-electron chi connectivity index (χ1n) is 6.23. The number of nitrogens with zero attached hydrogens (tertiary/aromatic N) is 3. The molecular formula is C12H16N4O4. The summed E-state index contributed by atoms with van der Waals surface area (Å²) in [6.45, 7) is 3.41. The third-order valence-corrected chi connectivity index (χ3v) is 2.98. The van der Waals surface area contributed by atoms with Crippen molar-refractivity contribution in [2.24, 2.45) is 0 Å². The summed E-state index contributed by atoms with van der Waals surface area (Å²) in [6, 6.07) is 0. The minimum Gasteiger partial charge on any atom is -0.476 e. The number of aromatic nitrogens is 2. The minimum absolute atomic E-state index is 0.00373. The summed E-state index contributed by atoms with van der Waals surface area (Å²) >= 11 is 0. The van der Waals surface area contributed by atoms with E-state index in [-0.39, 0.29) is 23.5 Å². The molecule has 0 aromatic carbocycles. The van der Waals surface area contributed by atoms with Crippen molar-refractivity contribution in [2.45, 2.75) is 13.0 Å². The second kappa shape index (κ2) is 6.29. The fourth-order valence-electron chi connectivity index (χ4n) is 1.96. The van der Waals surface area contributed by atoms with Gasteiger partial charge in [0.25, 0.3) is 0 Å². The van der Waals surface area contributed by atoms with Crippen LogP contribution in [0.25, 0.3) is 0 Å². The molecule has 8 heteroatoms. The Balaban J connectivity index is 1.95. The van der Waals surface area contributed by atoms with Crippen molar-refractivity contribution in [1.82, 2.24) is 14.9 Å². The van der Waals surface area contributed by atoms with Crippen molar-refractivity contribution in [2.75, 3.05) is 31.6 Å². The number of hydrogen-bond donors (Lipinski definition) is 2. The van der Waals surface area contributed by atoms with Crippen LogP contribution in [0, 0.1) is 0 Å². The van der Waals surface area contributed by atoms with Gasteiger partial charge in [0, 0.05) is 39.0 Å². The molecule has 0 saturated carbocycles. The van der Waals surface area contributed by atoms with Crippen molar-refractivity contribution < 1.29 is 19.4 Å². The van der Waals surface area contributed by atoms with Gasteiger partial charge in [-0.25, -0.2) is 14.8 Å². The van der Waals surface area contributed by atoms with Crippen LogP contribution in [-0.4, -0.2) is 64.2 Å². The Morgan fingerprint density at radius 2 is 2.25 bits per heavy atom.